The molecule has 0 fully saturated rings. The molecular formula is C14H19NO5. The number of hydrogen-bond donors (Lipinski definition) is 2. The maximum Gasteiger partial charge on any atom is 0.305 e. The second kappa shape index (κ2) is 9.06. The Morgan fingerprint density at radius 2 is 1.95 bits per heavy atom. The number of carboxylic acid groups (broad SMARTS) is 1. The van der Waals surface area contributed by atoms with Crippen molar-refractivity contribution in [2.45, 2.75) is 12.5 Å². The average Bonchev–Trinajstić information content (AvgIpc) is 2.43. The van der Waals surface area contributed by atoms with E-state index in [1.807, 2.05) is 6.07 Å². The molecule has 20 heavy (non-hydrogen) atoms. The third-order valence-corrected chi connectivity index (χ3v) is 2.58. The lowest BCUT2D eigenvalue weighted by Gasteiger charge is -2.17. The summed E-state index contributed by atoms with van der Waals surface area (Å²) in [5.41, 5.74) is 0.750. The molecule has 1 atom stereocenters. The zero-order valence-corrected chi connectivity index (χ0v) is 11.4. The molecule has 0 radical (unpaired) electrons. The summed E-state index contributed by atoms with van der Waals surface area (Å²) in [5, 5.41) is 11.6. The van der Waals surface area contributed by atoms with E-state index in [0.29, 0.717) is 13.2 Å². The number of carbonyl (C=O) groups excluding carboxylic acids is 1. The number of nitrogens with one attached hydrogen (secondary N) is 1. The van der Waals surface area contributed by atoms with E-state index in [1.54, 1.807) is 31.4 Å². The molecule has 0 aliphatic carbocycles. The topological polar surface area (TPSA) is 84.9 Å². The van der Waals surface area contributed by atoms with Crippen molar-refractivity contribution >= 4 is 11.9 Å². The Morgan fingerprint density at radius 3 is 2.55 bits per heavy atom. The number of carbonyl (C=O) groups is 2. The zero-order chi connectivity index (χ0) is 14.8. The van der Waals surface area contributed by atoms with Gasteiger partial charge in [0.1, 0.15) is 6.61 Å². The zero-order valence-electron chi connectivity index (χ0n) is 11.4. The number of benzene rings is 1. The molecule has 1 aromatic rings. The van der Waals surface area contributed by atoms with Crippen molar-refractivity contribution in [3.63, 3.8) is 0 Å². The van der Waals surface area contributed by atoms with Gasteiger partial charge in [-0.25, -0.2) is 0 Å². The molecule has 6 nitrogen and oxygen atoms in total. The molecule has 0 aliphatic rings. The Labute approximate surface area is 117 Å². The van der Waals surface area contributed by atoms with Crippen molar-refractivity contribution in [3.8, 4) is 0 Å². The van der Waals surface area contributed by atoms with Gasteiger partial charge in [-0.05, 0) is 5.56 Å². The summed E-state index contributed by atoms with van der Waals surface area (Å²) in [5.74, 6) is -1.32. The van der Waals surface area contributed by atoms with Crippen LogP contribution in [0.2, 0.25) is 0 Å². The van der Waals surface area contributed by atoms with Gasteiger partial charge in [-0.2, -0.15) is 0 Å². The molecule has 110 valence electrons. The van der Waals surface area contributed by atoms with Crippen LogP contribution in [0.1, 0.15) is 18.0 Å². The van der Waals surface area contributed by atoms with Gasteiger partial charge in [0.25, 0.3) is 0 Å². The molecule has 0 heterocycles. The Morgan fingerprint density at radius 1 is 1.25 bits per heavy atom. The Balaban J connectivity index is 2.52. The molecular weight excluding hydrogens is 262 g/mol. The van der Waals surface area contributed by atoms with Crippen LogP contribution in [-0.2, 0) is 19.1 Å². The summed E-state index contributed by atoms with van der Waals surface area (Å²) in [6.07, 6.45) is -0.173. The lowest BCUT2D eigenvalue weighted by atomic mass is 10.0. The number of aliphatic carboxylic acids is 1. The maximum absolute atomic E-state index is 11.7. The molecule has 0 saturated heterocycles. The number of methoxy groups -OCH3 is 1. The molecule has 6 heteroatoms. The van der Waals surface area contributed by atoms with Gasteiger partial charge in [-0.1, -0.05) is 30.3 Å². The van der Waals surface area contributed by atoms with Crippen molar-refractivity contribution in [1.82, 2.24) is 5.32 Å². The minimum Gasteiger partial charge on any atom is -0.481 e. The highest BCUT2D eigenvalue weighted by atomic mass is 16.5. The molecule has 0 aromatic heterocycles. The van der Waals surface area contributed by atoms with E-state index in [4.69, 9.17) is 14.6 Å². The Hall–Kier alpha value is -1.92. The van der Waals surface area contributed by atoms with Crippen molar-refractivity contribution < 1.29 is 24.2 Å². The smallest absolute Gasteiger partial charge is 0.305 e. The molecule has 1 aromatic carbocycles. The van der Waals surface area contributed by atoms with Crippen LogP contribution in [0.5, 0.6) is 0 Å². The quantitative estimate of drug-likeness (QED) is 0.659. The van der Waals surface area contributed by atoms with Crippen LogP contribution in [0.4, 0.5) is 0 Å². The first kappa shape index (κ1) is 16.1. The second-order valence-corrected chi connectivity index (χ2v) is 4.17. The van der Waals surface area contributed by atoms with Gasteiger partial charge in [-0.3, -0.25) is 9.59 Å². The number of hydrogen-bond acceptors (Lipinski definition) is 4. The first-order valence-electron chi connectivity index (χ1n) is 6.26. The highest BCUT2D eigenvalue weighted by molar-refractivity contribution is 5.78. The summed E-state index contributed by atoms with van der Waals surface area (Å²) in [7, 11) is 1.54. The number of carboxylic acids is 1. The fourth-order valence-corrected chi connectivity index (χ4v) is 1.66. The van der Waals surface area contributed by atoms with Gasteiger partial charge in [0.2, 0.25) is 5.91 Å². The van der Waals surface area contributed by atoms with E-state index in [0.717, 1.165) is 5.56 Å². The van der Waals surface area contributed by atoms with Crippen LogP contribution >= 0.6 is 0 Å². The fourth-order valence-electron chi connectivity index (χ4n) is 1.66. The third-order valence-electron chi connectivity index (χ3n) is 2.58. The van der Waals surface area contributed by atoms with Crippen molar-refractivity contribution in [2.75, 3.05) is 26.9 Å². The normalized spacial score (nSPS) is 11.8. The van der Waals surface area contributed by atoms with Gasteiger partial charge in [0, 0.05) is 7.11 Å². The summed E-state index contributed by atoms with van der Waals surface area (Å²) in [6, 6.07) is 8.42. The standard InChI is InChI=1S/C14H19NO5/c1-19-7-8-20-10-13(16)15-12(9-14(17)18)11-5-3-2-4-6-11/h2-6,12H,7-10H2,1H3,(H,15,16)(H,17,18). The van der Waals surface area contributed by atoms with Gasteiger partial charge >= 0.3 is 5.97 Å². The van der Waals surface area contributed by atoms with Crippen LogP contribution in [0.25, 0.3) is 0 Å². The van der Waals surface area contributed by atoms with E-state index in [2.05, 4.69) is 5.32 Å². The molecule has 0 aliphatic heterocycles. The Bertz CT molecular complexity index is 421. The first-order valence-corrected chi connectivity index (χ1v) is 6.26. The number of ether oxygens (including phenoxy) is 2. The predicted octanol–water partition coefficient (Wildman–Crippen LogP) is 0.982. The molecule has 1 rings (SSSR count). The van der Waals surface area contributed by atoms with E-state index in [-0.39, 0.29) is 18.9 Å². The van der Waals surface area contributed by atoms with Crippen LogP contribution < -0.4 is 5.32 Å². The minimum absolute atomic E-state index is 0.119. The monoisotopic (exact) mass is 281 g/mol. The maximum atomic E-state index is 11.7. The summed E-state index contributed by atoms with van der Waals surface area (Å²) >= 11 is 0. The molecule has 2 N–H and O–H groups in total. The predicted molar refractivity (Wildman–Crippen MR) is 72.3 cm³/mol. The van der Waals surface area contributed by atoms with Gasteiger partial charge in [-0.15, -0.1) is 0 Å². The summed E-state index contributed by atoms with van der Waals surface area (Å²) in [4.78, 5) is 22.6. The molecule has 0 bridgehead atoms. The van der Waals surface area contributed by atoms with Crippen LogP contribution in [-0.4, -0.2) is 43.9 Å². The lowest BCUT2D eigenvalue weighted by Crippen LogP contribution is -2.33. The highest BCUT2D eigenvalue weighted by Gasteiger charge is 2.17. The fraction of sp³-hybridized carbons (Fsp3) is 0.429. The van der Waals surface area contributed by atoms with Crippen LogP contribution in [0.3, 0.4) is 0 Å². The Kier molecular flexibility index (Phi) is 7.31. The third kappa shape index (κ3) is 6.31. The molecule has 0 saturated carbocycles. The summed E-state index contributed by atoms with van der Waals surface area (Å²) in [6.45, 7) is 0.607. The van der Waals surface area contributed by atoms with Gasteiger partial charge < -0.3 is 19.9 Å². The lowest BCUT2D eigenvalue weighted by molar-refractivity contribution is -0.138. The number of amides is 1. The van der Waals surface area contributed by atoms with Gasteiger partial charge in [0.15, 0.2) is 0 Å². The average molecular weight is 281 g/mol. The minimum atomic E-state index is -0.973. The van der Waals surface area contributed by atoms with Crippen molar-refractivity contribution in [1.29, 1.82) is 0 Å². The first-order chi connectivity index (χ1) is 9.63. The van der Waals surface area contributed by atoms with Crippen LogP contribution in [0.15, 0.2) is 30.3 Å². The second-order valence-electron chi connectivity index (χ2n) is 4.17. The van der Waals surface area contributed by atoms with Crippen molar-refractivity contribution in [3.05, 3.63) is 35.9 Å². The largest absolute Gasteiger partial charge is 0.481 e. The van der Waals surface area contributed by atoms with Crippen LogP contribution in [0, 0.1) is 0 Å². The van der Waals surface area contributed by atoms with Gasteiger partial charge in [0.05, 0.1) is 25.7 Å². The van der Waals surface area contributed by atoms with Crippen molar-refractivity contribution in [2.24, 2.45) is 0 Å². The van der Waals surface area contributed by atoms with E-state index >= 15 is 0 Å². The molecule has 1 unspecified atom stereocenters. The van der Waals surface area contributed by atoms with E-state index in [1.165, 1.54) is 0 Å². The highest BCUT2D eigenvalue weighted by Crippen LogP contribution is 2.16. The summed E-state index contributed by atoms with van der Waals surface area (Å²) < 4.78 is 9.89. The van der Waals surface area contributed by atoms with E-state index < -0.39 is 12.0 Å². The SMILES string of the molecule is COCCOCC(=O)NC(CC(=O)O)c1ccccc1. The number of rotatable bonds is 9. The van der Waals surface area contributed by atoms with E-state index in [9.17, 15) is 9.59 Å². The molecule has 0 spiro atoms. The molecule has 1 amide bonds.